The Balaban J connectivity index is 1.08. The summed E-state index contributed by atoms with van der Waals surface area (Å²) in [5.41, 5.74) is 2.91. The molecule has 2 aromatic carbocycles. The van der Waals surface area contributed by atoms with E-state index in [1.807, 2.05) is 29.2 Å². The van der Waals surface area contributed by atoms with Crippen molar-refractivity contribution in [3.05, 3.63) is 71.3 Å². The summed E-state index contributed by atoms with van der Waals surface area (Å²) < 4.78 is 0. The van der Waals surface area contributed by atoms with Crippen LogP contribution in [0.3, 0.4) is 0 Å². The maximum Gasteiger partial charge on any atom is 0.223 e. The fraction of sp³-hybridized carbons (Fsp3) is 0.545. The minimum atomic E-state index is -0.106. The van der Waals surface area contributed by atoms with E-state index in [0.29, 0.717) is 31.7 Å². The number of benzene rings is 2. The molecule has 1 atom stereocenters. The van der Waals surface area contributed by atoms with Crippen LogP contribution in [0.2, 0.25) is 0 Å². The number of amides is 1. The number of nitrogens with zero attached hydrogens (tertiary/aromatic N) is 2. The highest BCUT2D eigenvalue weighted by Crippen LogP contribution is 2.60. The van der Waals surface area contributed by atoms with Crippen molar-refractivity contribution in [2.45, 2.75) is 64.3 Å². The Kier molecular flexibility index (Phi) is 6.98. The number of ketones is 2. The average Bonchev–Trinajstić information content (AvgIpc) is 2.92. The van der Waals surface area contributed by atoms with Crippen molar-refractivity contribution in [1.82, 2.24) is 9.80 Å². The normalized spacial score (nSPS) is 29.3. The summed E-state index contributed by atoms with van der Waals surface area (Å²) in [5, 5.41) is 0. The SMILES string of the molecule is CC(=O)c1cccc(C(c2ccccc2)N2CCN(C(=O)CCC(=O)C34CC5CC(CC(C5)C3)C4)CC2)c1. The van der Waals surface area contributed by atoms with Gasteiger partial charge < -0.3 is 4.90 Å². The van der Waals surface area contributed by atoms with E-state index in [2.05, 4.69) is 35.2 Å². The summed E-state index contributed by atoms with van der Waals surface area (Å²) in [6.07, 6.45) is 8.00. The van der Waals surface area contributed by atoms with Crippen LogP contribution in [0.25, 0.3) is 0 Å². The van der Waals surface area contributed by atoms with Gasteiger partial charge in [-0.2, -0.15) is 0 Å². The lowest BCUT2D eigenvalue weighted by molar-refractivity contribution is -0.146. The van der Waals surface area contributed by atoms with Gasteiger partial charge >= 0.3 is 0 Å². The Morgan fingerprint density at radius 3 is 2.00 bits per heavy atom. The van der Waals surface area contributed by atoms with Gasteiger partial charge in [0, 0.05) is 50.0 Å². The number of Topliss-reactive ketones (excluding diaryl/α,β-unsaturated/α-hetero) is 2. The zero-order valence-corrected chi connectivity index (χ0v) is 22.6. The topological polar surface area (TPSA) is 57.7 Å². The Morgan fingerprint density at radius 2 is 1.39 bits per heavy atom. The van der Waals surface area contributed by atoms with Gasteiger partial charge in [-0.3, -0.25) is 19.3 Å². The molecule has 1 amide bonds. The standard InChI is InChI=1S/C33H40N2O3/c1-23(36)28-8-5-9-29(19-28)32(27-6-3-2-4-7-27)35-14-12-34(13-15-35)31(38)11-10-30(37)33-20-24-16-25(21-33)18-26(17-24)22-33/h2-9,19,24-26,32H,10-18,20-22H2,1H3. The Hall–Kier alpha value is -2.79. The molecule has 38 heavy (non-hydrogen) atoms. The first-order valence-corrected chi connectivity index (χ1v) is 14.6. The van der Waals surface area contributed by atoms with Gasteiger partial charge in [0.05, 0.1) is 6.04 Å². The van der Waals surface area contributed by atoms with E-state index >= 15 is 0 Å². The fourth-order valence-corrected chi connectivity index (χ4v) is 8.50. The monoisotopic (exact) mass is 512 g/mol. The van der Waals surface area contributed by atoms with Crippen LogP contribution in [0.5, 0.6) is 0 Å². The molecule has 200 valence electrons. The Bertz CT molecular complexity index is 1160. The third-order valence-corrected chi connectivity index (χ3v) is 9.95. The second kappa shape index (κ2) is 10.4. The molecular weight excluding hydrogens is 472 g/mol. The van der Waals surface area contributed by atoms with Gasteiger partial charge in [-0.25, -0.2) is 0 Å². The van der Waals surface area contributed by atoms with Crippen LogP contribution in [0.15, 0.2) is 54.6 Å². The Morgan fingerprint density at radius 1 is 0.789 bits per heavy atom. The van der Waals surface area contributed by atoms with E-state index in [-0.39, 0.29) is 23.1 Å². The summed E-state index contributed by atoms with van der Waals surface area (Å²) in [7, 11) is 0. The smallest absolute Gasteiger partial charge is 0.223 e. The van der Waals surface area contributed by atoms with Crippen molar-refractivity contribution in [3.8, 4) is 0 Å². The van der Waals surface area contributed by atoms with Crippen LogP contribution in [0.1, 0.15) is 85.8 Å². The highest BCUT2D eigenvalue weighted by Gasteiger charge is 2.54. The van der Waals surface area contributed by atoms with Gasteiger partial charge in [0.15, 0.2) is 5.78 Å². The summed E-state index contributed by atoms with van der Waals surface area (Å²) in [6, 6.07) is 18.4. The molecule has 5 fully saturated rings. The van der Waals surface area contributed by atoms with Gasteiger partial charge in [-0.05, 0) is 80.4 Å². The van der Waals surface area contributed by atoms with Crippen molar-refractivity contribution in [3.63, 3.8) is 0 Å². The number of carbonyl (C=O) groups excluding carboxylic acids is 3. The van der Waals surface area contributed by atoms with Gasteiger partial charge in [0.25, 0.3) is 0 Å². The number of hydrogen-bond donors (Lipinski definition) is 0. The van der Waals surface area contributed by atoms with Crippen LogP contribution in [-0.4, -0.2) is 53.5 Å². The zero-order valence-electron chi connectivity index (χ0n) is 22.6. The molecule has 4 aliphatic carbocycles. The first-order chi connectivity index (χ1) is 18.4. The molecule has 5 nitrogen and oxygen atoms in total. The van der Waals surface area contributed by atoms with E-state index in [9.17, 15) is 14.4 Å². The second-order valence-corrected chi connectivity index (χ2v) is 12.5. The van der Waals surface area contributed by atoms with Crippen molar-refractivity contribution in [1.29, 1.82) is 0 Å². The van der Waals surface area contributed by atoms with Crippen LogP contribution in [-0.2, 0) is 9.59 Å². The van der Waals surface area contributed by atoms with Gasteiger partial charge in [-0.1, -0.05) is 48.5 Å². The third-order valence-electron chi connectivity index (χ3n) is 9.95. The van der Waals surface area contributed by atoms with Crippen LogP contribution in [0, 0.1) is 23.2 Å². The molecule has 1 saturated heterocycles. The van der Waals surface area contributed by atoms with Crippen LogP contribution < -0.4 is 0 Å². The molecule has 5 heteroatoms. The molecule has 1 aliphatic heterocycles. The van der Waals surface area contributed by atoms with Crippen molar-refractivity contribution in [2.24, 2.45) is 23.2 Å². The van der Waals surface area contributed by atoms with E-state index in [1.54, 1.807) is 6.92 Å². The summed E-state index contributed by atoms with van der Waals surface area (Å²) >= 11 is 0. The maximum atomic E-state index is 13.4. The molecule has 5 aliphatic rings. The molecule has 1 unspecified atom stereocenters. The van der Waals surface area contributed by atoms with Crippen molar-refractivity contribution < 1.29 is 14.4 Å². The number of hydrogen-bond acceptors (Lipinski definition) is 4. The molecular formula is C33H40N2O3. The van der Waals surface area contributed by atoms with Crippen molar-refractivity contribution >= 4 is 17.5 Å². The van der Waals surface area contributed by atoms with Crippen LogP contribution in [0.4, 0.5) is 0 Å². The van der Waals surface area contributed by atoms with Crippen LogP contribution >= 0.6 is 0 Å². The molecule has 0 aromatic heterocycles. The lowest BCUT2D eigenvalue weighted by Crippen LogP contribution is -2.51. The van der Waals surface area contributed by atoms with Crippen molar-refractivity contribution in [2.75, 3.05) is 26.2 Å². The molecule has 2 aromatic rings. The van der Waals surface area contributed by atoms with E-state index in [0.717, 1.165) is 61.2 Å². The summed E-state index contributed by atoms with van der Waals surface area (Å²) in [5.74, 6) is 2.82. The molecule has 0 radical (unpaired) electrons. The lowest BCUT2D eigenvalue weighted by Gasteiger charge is -2.56. The number of rotatable bonds is 8. The molecule has 4 bridgehead atoms. The highest BCUT2D eigenvalue weighted by molar-refractivity contribution is 5.94. The minimum Gasteiger partial charge on any atom is -0.340 e. The van der Waals surface area contributed by atoms with E-state index < -0.39 is 0 Å². The summed E-state index contributed by atoms with van der Waals surface area (Å²) in [6.45, 7) is 4.46. The molecule has 4 saturated carbocycles. The minimum absolute atomic E-state index is 0.0328. The third kappa shape index (κ3) is 4.98. The van der Waals surface area contributed by atoms with Gasteiger partial charge in [0.2, 0.25) is 5.91 Å². The predicted octanol–water partition coefficient (Wildman–Crippen LogP) is 5.69. The molecule has 0 N–H and O–H groups in total. The number of piperazine rings is 1. The highest BCUT2D eigenvalue weighted by atomic mass is 16.2. The zero-order chi connectivity index (χ0) is 26.3. The number of carbonyl (C=O) groups is 3. The van der Waals surface area contributed by atoms with E-state index in [1.165, 1.54) is 24.8 Å². The van der Waals surface area contributed by atoms with Gasteiger partial charge in [0.1, 0.15) is 5.78 Å². The molecule has 1 heterocycles. The lowest BCUT2D eigenvalue weighted by atomic mass is 9.48. The first-order valence-electron chi connectivity index (χ1n) is 14.6. The molecule has 7 rings (SSSR count). The second-order valence-electron chi connectivity index (χ2n) is 12.5. The average molecular weight is 513 g/mol. The largest absolute Gasteiger partial charge is 0.340 e. The first kappa shape index (κ1) is 25.5. The summed E-state index contributed by atoms with van der Waals surface area (Å²) in [4.78, 5) is 43.0. The van der Waals surface area contributed by atoms with Gasteiger partial charge in [-0.15, -0.1) is 0 Å². The fourth-order valence-electron chi connectivity index (χ4n) is 8.50. The van der Waals surface area contributed by atoms with E-state index in [4.69, 9.17) is 0 Å². The predicted molar refractivity (Wildman–Crippen MR) is 148 cm³/mol. The maximum absolute atomic E-state index is 13.4. The Labute approximate surface area is 226 Å². The molecule has 0 spiro atoms. The quantitative estimate of drug-likeness (QED) is 0.427.